The number of nitrogens with one attached hydrogen (secondary N) is 1. The summed E-state index contributed by atoms with van der Waals surface area (Å²) in [6.07, 6.45) is 5.08. The van der Waals surface area contributed by atoms with Gasteiger partial charge in [-0.05, 0) is 24.8 Å². The average molecular weight is 255 g/mol. The molecule has 4 nitrogen and oxygen atoms in total. The van der Waals surface area contributed by atoms with E-state index in [1.54, 1.807) is 12.3 Å². The Morgan fingerprint density at radius 2 is 2.53 bits per heavy atom. The van der Waals surface area contributed by atoms with Crippen LogP contribution in [0.15, 0.2) is 18.5 Å². The Bertz CT molecular complexity index is 392. The maximum Gasteiger partial charge on any atom is 0.252 e. The number of nitrogens with zero attached hydrogens (tertiary/aromatic N) is 1. The standard InChI is InChI=1S/C12H15ClN2O2/c13-11-7-14-4-2-10(11)12(16)15-5-1-9-3-6-17-8-9/h2,4,7,9H,1,3,5-6,8H2,(H,15,16). The van der Waals surface area contributed by atoms with Crippen LogP contribution in [0, 0.1) is 5.92 Å². The van der Waals surface area contributed by atoms with Crippen molar-refractivity contribution >= 4 is 17.5 Å². The summed E-state index contributed by atoms with van der Waals surface area (Å²) in [6.45, 7) is 2.31. The molecular formula is C12H15ClN2O2. The average Bonchev–Trinajstić information content (AvgIpc) is 2.82. The lowest BCUT2D eigenvalue weighted by molar-refractivity contribution is 0.0950. The van der Waals surface area contributed by atoms with E-state index in [1.165, 1.54) is 6.20 Å². The highest BCUT2D eigenvalue weighted by Crippen LogP contribution is 2.16. The molecule has 1 fully saturated rings. The molecule has 2 rings (SSSR count). The van der Waals surface area contributed by atoms with Gasteiger partial charge in [0, 0.05) is 32.2 Å². The zero-order valence-electron chi connectivity index (χ0n) is 9.49. The number of aromatic nitrogens is 1. The van der Waals surface area contributed by atoms with Crippen molar-refractivity contribution < 1.29 is 9.53 Å². The van der Waals surface area contributed by atoms with E-state index in [0.717, 1.165) is 26.1 Å². The number of rotatable bonds is 4. The third-order valence-corrected chi connectivity index (χ3v) is 3.18. The molecule has 0 spiro atoms. The molecule has 1 aromatic rings. The fraction of sp³-hybridized carbons (Fsp3) is 0.500. The van der Waals surface area contributed by atoms with E-state index >= 15 is 0 Å². The number of pyridine rings is 1. The van der Waals surface area contributed by atoms with Crippen LogP contribution in [0.2, 0.25) is 5.02 Å². The normalized spacial score (nSPS) is 19.2. The van der Waals surface area contributed by atoms with E-state index in [1.807, 2.05) is 0 Å². The SMILES string of the molecule is O=C(NCCC1CCOC1)c1ccncc1Cl. The molecule has 1 saturated heterocycles. The third-order valence-electron chi connectivity index (χ3n) is 2.88. The van der Waals surface area contributed by atoms with Crippen LogP contribution in [-0.2, 0) is 4.74 Å². The zero-order chi connectivity index (χ0) is 12.1. The van der Waals surface area contributed by atoms with Gasteiger partial charge in [0.05, 0.1) is 10.6 Å². The number of amides is 1. The Morgan fingerprint density at radius 1 is 1.65 bits per heavy atom. The Balaban J connectivity index is 1.79. The van der Waals surface area contributed by atoms with Crippen LogP contribution in [0.3, 0.4) is 0 Å². The van der Waals surface area contributed by atoms with Gasteiger partial charge in [0.15, 0.2) is 0 Å². The van der Waals surface area contributed by atoms with Gasteiger partial charge in [-0.1, -0.05) is 11.6 Å². The van der Waals surface area contributed by atoms with Crippen LogP contribution in [0.25, 0.3) is 0 Å². The van der Waals surface area contributed by atoms with Crippen LogP contribution >= 0.6 is 11.6 Å². The Labute approximate surface area is 105 Å². The Hall–Kier alpha value is -1.13. The van der Waals surface area contributed by atoms with Crippen molar-refractivity contribution in [2.45, 2.75) is 12.8 Å². The van der Waals surface area contributed by atoms with Crippen LogP contribution < -0.4 is 5.32 Å². The van der Waals surface area contributed by atoms with Crippen LogP contribution in [-0.4, -0.2) is 30.6 Å². The molecule has 2 heterocycles. The monoisotopic (exact) mass is 254 g/mol. The predicted molar refractivity (Wildman–Crippen MR) is 65.1 cm³/mol. The summed E-state index contributed by atoms with van der Waals surface area (Å²) < 4.78 is 5.28. The molecule has 1 aromatic heterocycles. The number of hydrogen-bond acceptors (Lipinski definition) is 3. The molecule has 0 aliphatic carbocycles. The minimum atomic E-state index is -0.142. The number of carbonyl (C=O) groups is 1. The minimum absolute atomic E-state index is 0.142. The number of halogens is 1. The van der Waals surface area contributed by atoms with E-state index in [4.69, 9.17) is 16.3 Å². The molecule has 0 radical (unpaired) electrons. The molecule has 0 bridgehead atoms. The maximum absolute atomic E-state index is 11.8. The fourth-order valence-corrected chi connectivity index (χ4v) is 2.06. The minimum Gasteiger partial charge on any atom is -0.381 e. The molecule has 1 aliphatic heterocycles. The number of carbonyl (C=O) groups excluding carboxylic acids is 1. The summed E-state index contributed by atoms with van der Waals surface area (Å²) in [5, 5.41) is 3.24. The Morgan fingerprint density at radius 3 is 3.24 bits per heavy atom. The molecule has 1 amide bonds. The van der Waals surface area contributed by atoms with E-state index in [9.17, 15) is 4.79 Å². The van der Waals surface area contributed by atoms with Gasteiger partial charge in [-0.3, -0.25) is 9.78 Å². The summed E-state index contributed by atoms with van der Waals surface area (Å²) in [4.78, 5) is 15.6. The lowest BCUT2D eigenvalue weighted by Gasteiger charge is -2.09. The second-order valence-corrected chi connectivity index (χ2v) is 4.54. The van der Waals surface area contributed by atoms with Crippen molar-refractivity contribution in [1.29, 1.82) is 0 Å². The van der Waals surface area contributed by atoms with Crippen LogP contribution in [0.5, 0.6) is 0 Å². The number of hydrogen-bond donors (Lipinski definition) is 1. The van der Waals surface area contributed by atoms with E-state index in [-0.39, 0.29) is 5.91 Å². The molecule has 17 heavy (non-hydrogen) atoms. The maximum atomic E-state index is 11.8. The van der Waals surface area contributed by atoms with Gasteiger partial charge in [-0.25, -0.2) is 0 Å². The first-order valence-corrected chi connectivity index (χ1v) is 6.10. The van der Waals surface area contributed by atoms with Crippen LogP contribution in [0.4, 0.5) is 0 Å². The predicted octanol–water partition coefficient (Wildman–Crippen LogP) is 1.89. The first-order valence-electron chi connectivity index (χ1n) is 5.73. The van der Waals surface area contributed by atoms with E-state index in [2.05, 4.69) is 10.3 Å². The molecule has 0 aromatic carbocycles. The van der Waals surface area contributed by atoms with Gasteiger partial charge in [-0.2, -0.15) is 0 Å². The lowest BCUT2D eigenvalue weighted by Crippen LogP contribution is -2.26. The topological polar surface area (TPSA) is 51.2 Å². The van der Waals surface area contributed by atoms with E-state index in [0.29, 0.717) is 23.0 Å². The molecule has 5 heteroatoms. The Kier molecular flexibility index (Phi) is 4.34. The second kappa shape index (κ2) is 5.98. The largest absolute Gasteiger partial charge is 0.381 e. The molecule has 1 atom stereocenters. The van der Waals surface area contributed by atoms with Gasteiger partial charge < -0.3 is 10.1 Å². The van der Waals surface area contributed by atoms with Gasteiger partial charge in [0.25, 0.3) is 5.91 Å². The summed E-state index contributed by atoms with van der Waals surface area (Å²) >= 11 is 5.88. The first kappa shape index (κ1) is 12.3. The third kappa shape index (κ3) is 3.41. The van der Waals surface area contributed by atoms with Crippen molar-refractivity contribution in [3.63, 3.8) is 0 Å². The van der Waals surface area contributed by atoms with Crippen molar-refractivity contribution in [2.75, 3.05) is 19.8 Å². The molecule has 0 saturated carbocycles. The molecule has 1 unspecified atom stereocenters. The summed E-state index contributed by atoms with van der Waals surface area (Å²) in [5.74, 6) is 0.430. The summed E-state index contributed by atoms with van der Waals surface area (Å²) in [7, 11) is 0. The van der Waals surface area contributed by atoms with Crippen molar-refractivity contribution in [1.82, 2.24) is 10.3 Å². The van der Waals surface area contributed by atoms with E-state index < -0.39 is 0 Å². The highest BCUT2D eigenvalue weighted by Gasteiger charge is 2.16. The highest BCUT2D eigenvalue weighted by molar-refractivity contribution is 6.33. The van der Waals surface area contributed by atoms with Crippen molar-refractivity contribution in [3.8, 4) is 0 Å². The molecule has 1 aliphatic rings. The zero-order valence-corrected chi connectivity index (χ0v) is 10.2. The van der Waals surface area contributed by atoms with Crippen molar-refractivity contribution in [3.05, 3.63) is 29.0 Å². The fourth-order valence-electron chi connectivity index (χ4n) is 1.86. The molecule has 1 N–H and O–H groups in total. The van der Waals surface area contributed by atoms with Gasteiger partial charge in [0.2, 0.25) is 0 Å². The highest BCUT2D eigenvalue weighted by atomic mass is 35.5. The molecular weight excluding hydrogens is 240 g/mol. The van der Waals surface area contributed by atoms with Gasteiger partial charge in [0.1, 0.15) is 0 Å². The van der Waals surface area contributed by atoms with Gasteiger partial charge in [-0.15, -0.1) is 0 Å². The second-order valence-electron chi connectivity index (χ2n) is 4.13. The summed E-state index contributed by atoms with van der Waals surface area (Å²) in [6, 6.07) is 1.62. The van der Waals surface area contributed by atoms with Crippen LogP contribution in [0.1, 0.15) is 23.2 Å². The van der Waals surface area contributed by atoms with Crippen molar-refractivity contribution in [2.24, 2.45) is 5.92 Å². The lowest BCUT2D eigenvalue weighted by atomic mass is 10.1. The summed E-state index contributed by atoms with van der Waals surface area (Å²) in [5.41, 5.74) is 0.476. The number of ether oxygens (including phenoxy) is 1. The quantitative estimate of drug-likeness (QED) is 0.893. The smallest absolute Gasteiger partial charge is 0.252 e. The van der Waals surface area contributed by atoms with Gasteiger partial charge >= 0.3 is 0 Å². The first-order chi connectivity index (χ1) is 8.27. The molecule has 92 valence electrons.